The van der Waals surface area contributed by atoms with Crippen molar-refractivity contribution in [3.8, 4) is 0 Å². The maximum atomic E-state index is 5.73. The predicted octanol–water partition coefficient (Wildman–Crippen LogP) is 0.553. The number of aromatic nitrogens is 5. The molecule has 86 valence electrons. The van der Waals surface area contributed by atoms with E-state index in [9.17, 15) is 0 Å². The third kappa shape index (κ3) is 2.02. The van der Waals surface area contributed by atoms with Crippen LogP contribution in [0, 0.1) is 6.92 Å². The highest BCUT2D eigenvalue weighted by Crippen LogP contribution is 2.11. The van der Waals surface area contributed by atoms with Crippen molar-refractivity contribution in [2.75, 3.05) is 5.73 Å². The van der Waals surface area contributed by atoms with Crippen LogP contribution in [0.25, 0.3) is 0 Å². The van der Waals surface area contributed by atoms with Gasteiger partial charge in [-0.15, -0.1) is 5.10 Å². The lowest BCUT2D eigenvalue weighted by Crippen LogP contribution is -2.07. The number of nitrogens with two attached hydrogens (primary N) is 1. The third-order valence-corrected chi connectivity index (χ3v) is 2.21. The molecule has 0 fully saturated rings. The number of anilines is 1. The molecule has 0 aliphatic rings. The first-order valence-electron chi connectivity index (χ1n) is 5.17. The zero-order valence-corrected chi connectivity index (χ0v) is 9.34. The number of nitrogens with zero attached hydrogens (tertiary/aromatic N) is 5. The maximum absolute atomic E-state index is 5.73. The molecule has 0 aromatic carbocycles. The second-order valence-electron chi connectivity index (χ2n) is 3.56. The topological polar surface area (TPSA) is 95.7 Å². The fraction of sp³-hybridized carbons (Fsp3) is 0.556. The Kier molecular flexibility index (Phi) is 2.84. The van der Waals surface area contributed by atoms with Crippen LogP contribution in [0.2, 0.25) is 0 Å². The number of nitrogen functional groups attached to an aromatic ring is 1. The van der Waals surface area contributed by atoms with Gasteiger partial charge in [-0.25, -0.2) is 4.68 Å². The van der Waals surface area contributed by atoms with Crippen LogP contribution >= 0.6 is 0 Å². The molecule has 2 rings (SSSR count). The number of hydrogen-bond acceptors (Lipinski definition) is 6. The Bertz CT molecular complexity index is 474. The first kappa shape index (κ1) is 10.6. The van der Waals surface area contributed by atoms with Gasteiger partial charge in [-0.3, -0.25) is 0 Å². The molecule has 0 amide bonds. The van der Waals surface area contributed by atoms with Crippen LogP contribution in [0.5, 0.6) is 0 Å². The van der Waals surface area contributed by atoms with Gasteiger partial charge >= 0.3 is 0 Å². The van der Waals surface area contributed by atoms with E-state index in [1.165, 1.54) is 0 Å². The van der Waals surface area contributed by atoms with Crippen LogP contribution in [0.3, 0.4) is 0 Å². The van der Waals surface area contributed by atoms with E-state index in [0.29, 0.717) is 24.1 Å². The summed E-state index contributed by atoms with van der Waals surface area (Å²) in [5, 5.41) is 11.5. The minimum absolute atomic E-state index is 0.417. The standard InChI is InChI=1S/C9H14N6O/c1-3-4-7-9(10)12-14-15(7)5-8-11-6(2)13-16-8/h3-5,10H2,1-2H3. The van der Waals surface area contributed by atoms with Crippen LogP contribution in [0.15, 0.2) is 4.52 Å². The SMILES string of the molecule is CCCc1c(N)nnn1Cc1nc(C)no1. The van der Waals surface area contributed by atoms with E-state index in [-0.39, 0.29) is 0 Å². The Morgan fingerprint density at radius 1 is 1.44 bits per heavy atom. The van der Waals surface area contributed by atoms with Crippen molar-refractivity contribution in [2.24, 2.45) is 0 Å². The van der Waals surface area contributed by atoms with Gasteiger partial charge in [0, 0.05) is 0 Å². The monoisotopic (exact) mass is 222 g/mol. The van der Waals surface area contributed by atoms with Crippen LogP contribution < -0.4 is 5.73 Å². The summed E-state index contributed by atoms with van der Waals surface area (Å²) in [6.07, 6.45) is 1.83. The fourth-order valence-electron chi connectivity index (χ4n) is 1.50. The summed E-state index contributed by atoms with van der Waals surface area (Å²) >= 11 is 0. The third-order valence-electron chi connectivity index (χ3n) is 2.21. The predicted molar refractivity (Wildman–Crippen MR) is 56.6 cm³/mol. The van der Waals surface area contributed by atoms with Gasteiger partial charge in [0.15, 0.2) is 11.6 Å². The van der Waals surface area contributed by atoms with E-state index in [1.807, 2.05) is 0 Å². The molecule has 7 heteroatoms. The largest absolute Gasteiger partial charge is 0.381 e. The van der Waals surface area contributed by atoms with Gasteiger partial charge in [0.05, 0.1) is 5.69 Å². The second kappa shape index (κ2) is 4.30. The van der Waals surface area contributed by atoms with Crippen LogP contribution in [0.4, 0.5) is 5.82 Å². The molecule has 0 aliphatic heterocycles. The molecule has 0 atom stereocenters. The molecule has 16 heavy (non-hydrogen) atoms. The van der Waals surface area contributed by atoms with Crippen molar-refractivity contribution < 1.29 is 4.52 Å². The highest BCUT2D eigenvalue weighted by atomic mass is 16.5. The van der Waals surface area contributed by atoms with Gasteiger partial charge in [0.25, 0.3) is 0 Å². The summed E-state index contributed by atoms with van der Waals surface area (Å²) in [5.74, 6) is 1.60. The van der Waals surface area contributed by atoms with Crippen LogP contribution in [0.1, 0.15) is 30.8 Å². The van der Waals surface area contributed by atoms with E-state index in [4.69, 9.17) is 10.3 Å². The molecule has 0 unspecified atom stereocenters. The molecule has 0 spiro atoms. The highest BCUT2D eigenvalue weighted by molar-refractivity contribution is 5.33. The van der Waals surface area contributed by atoms with Crippen LogP contribution in [-0.4, -0.2) is 25.1 Å². The second-order valence-corrected chi connectivity index (χ2v) is 3.56. The Morgan fingerprint density at radius 2 is 2.25 bits per heavy atom. The van der Waals surface area contributed by atoms with E-state index >= 15 is 0 Å². The molecule has 2 heterocycles. The van der Waals surface area contributed by atoms with E-state index in [0.717, 1.165) is 18.5 Å². The summed E-state index contributed by atoms with van der Waals surface area (Å²) in [6.45, 7) is 4.27. The average Bonchev–Trinajstić information content (AvgIpc) is 2.79. The van der Waals surface area contributed by atoms with Crippen molar-refractivity contribution in [1.29, 1.82) is 0 Å². The molecule has 0 bridgehead atoms. The van der Waals surface area contributed by atoms with Gasteiger partial charge in [-0.05, 0) is 13.3 Å². The lowest BCUT2D eigenvalue weighted by atomic mass is 10.2. The molecule has 0 aliphatic carbocycles. The lowest BCUT2D eigenvalue weighted by Gasteiger charge is -2.01. The van der Waals surface area contributed by atoms with Gasteiger partial charge in [-0.2, -0.15) is 4.98 Å². The lowest BCUT2D eigenvalue weighted by molar-refractivity contribution is 0.359. The molecular weight excluding hydrogens is 208 g/mol. The Hall–Kier alpha value is -1.92. The van der Waals surface area contributed by atoms with Crippen molar-refractivity contribution >= 4 is 5.82 Å². The fourth-order valence-corrected chi connectivity index (χ4v) is 1.50. The summed E-state index contributed by atoms with van der Waals surface area (Å²) in [5.41, 5.74) is 6.64. The van der Waals surface area contributed by atoms with Gasteiger partial charge in [0.2, 0.25) is 5.89 Å². The molecule has 2 aromatic heterocycles. The number of hydrogen-bond donors (Lipinski definition) is 1. The molecule has 2 aromatic rings. The minimum atomic E-state index is 0.417. The van der Waals surface area contributed by atoms with Gasteiger partial charge in [0.1, 0.15) is 6.54 Å². The van der Waals surface area contributed by atoms with Gasteiger partial charge < -0.3 is 10.3 Å². The van der Waals surface area contributed by atoms with E-state index < -0.39 is 0 Å². The Labute approximate surface area is 92.6 Å². The highest BCUT2D eigenvalue weighted by Gasteiger charge is 2.12. The van der Waals surface area contributed by atoms with Crippen molar-refractivity contribution in [2.45, 2.75) is 33.2 Å². The Balaban J connectivity index is 2.20. The molecule has 2 N–H and O–H groups in total. The first-order chi connectivity index (χ1) is 7.70. The molecule has 0 saturated carbocycles. The minimum Gasteiger partial charge on any atom is -0.381 e. The first-order valence-corrected chi connectivity index (χ1v) is 5.17. The van der Waals surface area contributed by atoms with Gasteiger partial charge in [-0.1, -0.05) is 23.7 Å². The molecule has 7 nitrogen and oxygen atoms in total. The quantitative estimate of drug-likeness (QED) is 0.811. The van der Waals surface area contributed by atoms with Crippen molar-refractivity contribution in [3.63, 3.8) is 0 Å². The normalized spacial score (nSPS) is 10.9. The summed E-state index contributed by atoms with van der Waals surface area (Å²) in [7, 11) is 0. The molecule has 0 radical (unpaired) electrons. The van der Waals surface area contributed by atoms with Crippen LogP contribution in [-0.2, 0) is 13.0 Å². The number of aryl methyl sites for hydroxylation is 1. The van der Waals surface area contributed by atoms with Crippen molar-refractivity contribution in [3.05, 3.63) is 17.4 Å². The molecular formula is C9H14N6O. The van der Waals surface area contributed by atoms with Crippen molar-refractivity contribution in [1.82, 2.24) is 25.1 Å². The Morgan fingerprint density at radius 3 is 2.88 bits per heavy atom. The zero-order chi connectivity index (χ0) is 11.5. The van der Waals surface area contributed by atoms with E-state index in [1.54, 1.807) is 11.6 Å². The zero-order valence-electron chi connectivity index (χ0n) is 9.34. The molecule has 0 saturated heterocycles. The summed E-state index contributed by atoms with van der Waals surface area (Å²) in [4.78, 5) is 4.11. The summed E-state index contributed by atoms with van der Waals surface area (Å²) < 4.78 is 6.72. The number of rotatable bonds is 4. The summed E-state index contributed by atoms with van der Waals surface area (Å²) in [6, 6.07) is 0. The van der Waals surface area contributed by atoms with E-state index in [2.05, 4.69) is 27.4 Å². The maximum Gasteiger partial charge on any atom is 0.248 e. The average molecular weight is 222 g/mol. The smallest absolute Gasteiger partial charge is 0.248 e.